The number of benzene rings is 3. The Balaban J connectivity index is 1.09. The van der Waals surface area contributed by atoms with Crippen LogP contribution >= 0.6 is 21.6 Å². The van der Waals surface area contributed by atoms with E-state index in [1.165, 1.54) is 70.0 Å². The van der Waals surface area contributed by atoms with Gasteiger partial charge in [0.15, 0.2) is 11.7 Å². The zero-order chi connectivity index (χ0) is 44.4. The fraction of sp³-hybridized carbons (Fsp3) is 0.383. The number of primary amides is 1. The Morgan fingerprint density at radius 3 is 2.63 bits per heavy atom. The molecule has 3 aromatic carbocycles. The Morgan fingerprint density at radius 2 is 1.89 bits per heavy atom. The van der Waals surface area contributed by atoms with Crippen LogP contribution < -0.4 is 20.5 Å². The number of phenols is 1. The number of carbonyl (C=O) groups excluding carboxylic acids is 1. The van der Waals surface area contributed by atoms with Crippen LogP contribution in [0.25, 0.3) is 16.9 Å². The third-order valence-electron chi connectivity index (χ3n) is 12.5. The summed E-state index contributed by atoms with van der Waals surface area (Å²) in [4.78, 5) is 29.7. The number of aliphatic hydroxyl groups excluding tert-OH is 2. The molecule has 16 heteroatoms. The molecule has 10 atom stereocenters. The fourth-order valence-electron chi connectivity index (χ4n) is 9.04. The number of fused-ring (bicyclic) bond motifs is 3. The predicted octanol–water partition coefficient (Wildman–Crippen LogP) is 5.70. The van der Waals surface area contributed by atoms with Gasteiger partial charge in [0.25, 0.3) is 5.91 Å². The molecule has 5 aliphatic rings. The largest absolute Gasteiger partial charge is 0.508 e. The number of hydrogen-bond donors (Lipinski definition) is 7. The van der Waals surface area contributed by atoms with Crippen molar-refractivity contribution in [3.05, 3.63) is 119 Å². The van der Waals surface area contributed by atoms with E-state index in [1.807, 2.05) is 6.21 Å². The lowest BCUT2D eigenvalue weighted by Gasteiger charge is -2.49. The van der Waals surface area contributed by atoms with E-state index in [0.717, 1.165) is 17.7 Å². The molecule has 2 saturated heterocycles. The Bertz CT molecular complexity index is 2370. The molecule has 2 fully saturated rings. The van der Waals surface area contributed by atoms with Gasteiger partial charge < -0.3 is 55.5 Å². The lowest BCUT2D eigenvalue weighted by Crippen LogP contribution is -2.72. The van der Waals surface area contributed by atoms with Crippen molar-refractivity contribution >= 4 is 56.6 Å². The van der Waals surface area contributed by atoms with E-state index in [4.69, 9.17) is 24.7 Å². The number of phenolic OH excluding ortho intramolecular Hbond substituents is 1. The van der Waals surface area contributed by atoms with E-state index < -0.39 is 48.2 Å². The second-order valence-corrected chi connectivity index (χ2v) is 19.0. The second-order valence-electron chi connectivity index (χ2n) is 16.5. The molecule has 4 heterocycles. The zero-order valence-corrected chi connectivity index (χ0v) is 36.3. The monoisotopic (exact) mass is 897 g/mol. The van der Waals surface area contributed by atoms with Crippen molar-refractivity contribution in [3.63, 3.8) is 0 Å². The van der Waals surface area contributed by atoms with Gasteiger partial charge >= 0.3 is 5.97 Å². The van der Waals surface area contributed by atoms with E-state index in [1.54, 1.807) is 10.8 Å². The molecule has 8 N–H and O–H groups in total. The van der Waals surface area contributed by atoms with Crippen molar-refractivity contribution in [1.29, 1.82) is 0 Å². The van der Waals surface area contributed by atoms with Gasteiger partial charge in [-0.3, -0.25) is 9.79 Å². The molecule has 0 bridgehead atoms. The highest BCUT2D eigenvalue weighted by Gasteiger charge is 2.59. The summed E-state index contributed by atoms with van der Waals surface area (Å²) in [5.41, 5.74) is 9.10. The van der Waals surface area contributed by atoms with Crippen molar-refractivity contribution in [3.8, 4) is 17.2 Å². The minimum Gasteiger partial charge on any atom is -0.508 e. The number of aliphatic carboxylic acids is 1. The maximum Gasteiger partial charge on any atom is 0.335 e. The van der Waals surface area contributed by atoms with Crippen LogP contribution in [-0.2, 0) is 19.1 Å². The average molecular weight is 898 g/mol. The molecule has 63 heavy (non-hydrogen) atoms. The first kappa shape index (κ1) is 44.5. The summed E-state index contributed by atoms with van der Waals surface area (Å²) in [7, 11) is 2.99. The van der Waals surface area contributed by atoms with E-state index in [0.29, 0.717) is 24.6 Å². The second kappa shape index (κ2) is 19.0. The molecule has 0 spiro atoms. The molecule has 3 aromatic rings. The summed E-state index contributed by atoms with van der Waals surface area (Å²) < 4.78 is 24.4. The molecule has 14 nitrogen and oxygen atoms in total. The van der Waals surface area contributed by atoms with Gasteiger partial charge in [-0.1, -0.05) is 96.1 Å². The number of aliphatic hydroxyl groups is 3. The minimum absolute atomic E-state index is 0.000269. The number of carbonyl (C=O) groups is 2. The van der Waals surface area contributed by atoms with E-state index >= 15 is 0 Å². The van der Waals surface area contributed by atoms with E-state index in [2.05, 4.69) is 72.7 Å². The highest BCUT2D eigenvalue weighted by atomic mass is 33.1. The number of β-amino-alcohol motifs (C(OH)–C–C–N with tert-alkyl or cyclic N) is 1. The number of nitrogens with one attached hydrogen (secondary N) is 1. The summed E-state index contributed by atoms with van der Waals surface area (Å²) in [5, 5.41) is 59.1. The Kier molecular flexibility index (Phi) is 13.4. The highest BCUT2D eigenvalue weighted by molar-refractivity contribution is 8.76. The third kappa shape index (κ3) is 9.16. The molecule has 0 radical (unpaired) electrons. The van der Waals surface area contributed by atoms with Crippen LogP contribution in [-0.4, -0.2) is 111 Å². The number of aliphatic imine (C=N–C) groups is 1. The van der Waals surface area contributed by atoms with Gasteiger partial charge in [0, 0.05) is 24.6 Å². The van der Waals surface area contributed by atoms with E-state index in [-0.39, 0.29) is 64.4 Å². The SMILES string of the molecule is CC1C=CC(=CCC(C)C2CNCC3(O)C(Oc4ccc5c(c4)OC(C(N)=O)C(c4ccc(O)cc4)=C5O)OC(C(=O)O)C(O)C3OCSSCC2C2=CCN=C2)c2ccccc21. The van der Waals surface area contributed by atoms with E-state index in [9.17, 15) is 35.1 Å². The maximum atomic E-state index is 12.7. The van der Waals surface area contributed by atoms with Crippen molar-refractivity contribution < 1.29 is 54.1 Å². The maximum absolute atomic E-state index is 12.7. The molecule has 1 aliphatic carbocycles. The van der Waals surface area contributed by atoms with Crippen molar-refractivity contribution in [2.75, 3.05) is 31.3 Å². The number of carboxylic acid groups (broad SMARTS) is 1. The summed E-state index contributed by atoms with van der Waals surface area (Å²) in [5.74, 6) is -1.32. The van der Waals surface area contributed by atoms with Gasteiger partial charge in [-0.05, 0) is 88.7 Å². The Hall–Kier alpha value is -5.07. The van der Waals surface area contributed by atoms with Gasteiger partial charge in [-0.2, -0.15) is 0 Å². The number of nitrogens with two attached hydrogens (primary N) is 1. The standard InChI is InChI=1S/C47H51N3O11S2/c1-25-7-9-27(33-6-4-3-5-32(25)33)10-8-26(2)35-21-50-23-47(57)43(58-24-63-62-22-36(35)29-17-18-49-20-29)40(53)42(45(55)56)61-46(47)59-31-15-16-34-37(19-31)60-41(44(48)54)38(39(34)52)28-11-13-30(51)14-12-28/h3-7,9-17,19-20,25-26,35-36,40-43,46,50-53,57H,8,18,21-24H2,1-2H3,(H2,48,54)(H,55,56). The molecule has 8 rings (SSSR count). The first-order chi connectivity index (χ1) is 30.3. The molecule has 1 amide bonds. The normalized spacial score (nSPS) is 30.7. The molecular formula is C47H51N3O11S2. The fourth-order valence-corrected chi connectivity index (χ4v) is 11.1. The number of rotatable bonds is 9. The van der Waals surface area contributed by atoms with Gasteiger partial charge in [-0.15, -0.1) is 0 Å². The third-order valence-corrected chi connectivity index (χ3v) is 14.6. The number of amides is 1. The number of aromatic hydroxyl groups is 1. The summed E-state index contributed by atoms with van der Waals surface area (Å²) >= 11 is 0. The summed E-state index contributed by atoms with van der Waals surface area (Å²) in [6.07, 6.45) is 3.36. The van der Waals surface area contributed by atoms with Gasteiger partial charge in [-0.25, -0.2) is 4.79 Å². The Morgan fingerprint density at radius 1 is 1.10 bits per heavy atom. The highest BCUT2D eigenvalue weighted by Crippen LogP contribution is 2.44. The Labute approximate surface area is 373 Å². The number of allylic oxidation sites excluding steroid dienone is 5. The number of carboxylic acids is 1. The van der Waals surface area contributed by atoms with Crippen molar-refractivity contribution in [2.45, 2.75) is 62.5 Å². The average Bonchev–Trinajstić information content (AvgIpc) is 3.80. The molecule has 0 aromatic heterocycles. The van der Waals surface area contributed by atoms with Crippen LogP contribution in [0, 0.1) is 17.8 Å². The molecule has 10 unspecified atom stereocenters. The quantitative estimate of drug-likeness (QED) is 0.128. The van der Waals surface area contributed by atoms with Gasteiger partial charge in [0.2, 0.25) is 12.4 Å². The van der Waals surface area contributed by atoms with Crippen LogP contribution in [0.4, 0.5) is 0 Å². The summed E-state index contributed by atoms with van der Waals surface area (Å²) in [6.45, 7) is 5.23. The summed E-state index contributed by atoms with van der Waals surface area (Å²) in [6, 6.07) is 18.6. The molecule has 0 saturated carbocycles. The van der Waals surface area contributed by atoms with Crippen LogP contribution in [0.5, 0.6) is 17.2 Å². The smallest absolute Gasteiger partial charge is 0.335 e. The number of nitrogens with zero attached hydrogens (tertiary/aromatic N) is 1. The van der Waals surface area contributed by atoms with Crippen LogP contribution in [0.2, 0.25) is 0 Å². The molecular weight excluding hydrogens is 847 g/mol. The van der Waals surface area contributed by atoms with Crippen molar-refractivity contribution in [1.82, 2.24) is 5.32 Å². The molecule has 4 aliphatic heterocycles. The van der Waals surface area contributed by atoms with Gasteiger partial charge in [0.1, 0.15) is 41.2 Å². The lowest BCUT2D eigenvalue weighted by molar-refractivity contribution is -0.316. The van der Waals surface area contributed by atoms with Crippen molar-refractivity contribution in [2.24, 2.45) is 28.5 Å². The van der Waals surface area contributed by atoms with Gasteiger partial charge in [0.05, 0.1) is 17.7 Å². The zero-order valence-electron chi connectivity index (χ0n) is 34.7. The molecule has 332 valence electrons. The van der Waals surface area contributed by atoms with Crippen LogP contribution in [0.15, 0.2) is 102 Å². The van der Waals surface area contributed by atoms with Crippen LogP contribution in [0.1, 0.15) is 48.4 Å². The lowest BCUT2D eigenvalue weighted by atomic mass is 9.77. The first-order valence-corrected chi connectivity index (χ1v) is 23.4. The first-order valence-electron chi connectivity index (χ1n) is 20.9. The number of ether oxygens (including phenoxy) is 4. The minimum atomic E-state index is -2.16. The predicted molar refractivity (Wildman–Crippen MR) is 242 cm³/mol. The topological polar surface area (TPSA) is 223 Å². The van der Waals surface area contributed by atoms with Crippen LogP contribution in [0.3, 0.4) is 0 Å². The number of hydrogen-bond acceptors (Lipinski definition) is 14.